The van der Waals surface area contributed by atoms with Crippen LogP contribution in [0.5, 0.6) is 0 Å². The largest absolute Gasteiger partial charge is 0.452 e. The number of amides is 1. The highest BCUT2D eigenvalue weighted by Crippen LogP contribution is 2.19. The molecule has 0 radical (unpaired) electrons. The Kier molecular flexibility index (Phi) is 5.87. The fourth-order valence-electron chi connectivity index (χ4n) is 1.93. The number of ether oxygens (including phenoxy) is 1. The Labute approximate surface area is 142 Å². The van der Waals surface area contributed by atoms with Gasteiger partial charge < -0.3 is 10.1 Å². The van der Waals surface area contributed by atoms with Gasteiger partial charge in [0.05, 0.1) is 6.42 Å². The molecule has 2 aromatic carbocycles. The van der Waals surface area contributed by atoms with E-state index >= 15 is 0 Å². The van der Waals surface area contributed by atoms with Crippen molar-refractivity contribution in [2.75, 3.05) is 5.32 Å². The van der Waals surface area contributed by atoms with Crippen LogP contribution >= 0.6 is 11.6 Å². The van der Waals surface area contributed by atoms with E-state index in [-0.39, 0.29) is 6.42 Å². The first-order valence-corrected chi connectivity index (χ1v) is 7.44. The number of carbonyl (C=O) groups excluding carboxylic acids is 2. The van der Waals surface area contributed by atoms with Crippen LogP contribution in [0.4, 0.5) is 14.5 Å². The second kappa shape index (κ2) is 7.88. The number of carbonyl (C=O) groups is 2. The minimum absolute atomic E-state index is 0.120. The van der Waals surface area contributed by atoms with E-state index in [1.54, 1.807) is 24.3 Å². The third kappa shape index (κ3) is 4.52. The highest BCUT2D eigenvalue weighted by Gasteiger charge is 2.21. The highest BCUT2D eigenvalue weighted by atomic mass is 35.5. The number of hydrogen-bond donors (Lipinski definition) is 1. The van der Waals surface area contributed by atoms with Crippen molar-refractivity contribution in [2.24, 2.45) is 0 Å². The van der Waals surface area contributed by atoms with Crippen LogP contribution in [0.25, 0.3) is 0 Å². The smallest absolute Gasteiger partial charge is 0.311 e. The van der Waals surface area contributed by atoms with Crippen LogP contribution < -0.4 is 5.32 Å². The van der Waals surface area contributed by atoms with Gasteiger partial charge in [-0.1, -0.05) is 35.9 Å². The van der Waals surface area contributed by atoms with E-state index < -0.39 is 35.3 Å². The Hall–Kier alpha value is -2.47. The second-order valence-corrected chi connectivity index (χ2v) is 5.39. The summed E-state index contributed by atoms with van der Waals surface area (Å²) in [6.45, 7) is 1.30. The first kappa shape index (κ1) is 17.9. The molecule has 0 unspecified atom stereocenters. The molecular formula is C17H14ClF2NO3. The zero-order chi connectivity index (χ0) is 17.7. The molecule has 0 aliphatic heterocycles. The minimum atomic E-state index is -1.22. The summed E-state index contributed by atoms with van der Waals surface area (Å²) in [6.07, 6.45) is -1.34. The summed E-state index contributed by atoms with van der Waals surface area (Å²) in [7, 11) is 0. The van der Waals surface area contributed by atoms with Crippen molar-refractivity contribution in [3.05, 3.63) is 64.7 Å². The predicted molar refractivity (Wildman–Crippen MR) is 85.7 cm³/mol. The standard InChI is InChI=1S/C17H14ClF2NO3/c1-10(17(23)21-16-13(19)7-4-8-14(16)20)24-15(22)9-11-5-2-3-6-12(11)18/h2-8,10H,9H2,1H3,(H,21,23)/t10-/m1/s1. The Bertz CT molecular complexity index is 747. The maximum atomic E-state index is 13.5. The lowest BCUT2D eigenvalue weighted by Gasteiger charge is -2.14. The molecule has 0 spiro atoms. The van der Waals surface area contributed by atoms with Gasteiger partial charge in [0.1, 0.15) is 17.3 Å². The van der Waals surface area contributed by atoms with Crippen molar-refractivity contribution in [3.63, 3.8) is 0 Å². The monoisotopic (exact) mass is 353 g/mol. The molecular weight excluding hydrogens is 340 g/mol. The number of hydrogen-bond acceptors (Lipinski definition) is 3. The molecule has 0 aliphatic carbocycles. The second-order valence-electron chi connectivity index (χ2n) is 4.99. The predicted octanol–water partition coefficient (Wildman–Crippen LogP) is 3.73. The fraction of sp³-hybridized carbons (Fsp3) is 0.176. The number of rotatable bonds is 5. The van der Waals surface area contributed by atoms with Gasteiger partial charge in [-0.05, 0) is 30.7 Å². The van der Waals surface area contributed by atoms with Crippen LogP contribution in [-0.4, -0.2) is 18.0 Å². The molecule has 2 aromatic rings. The van der Waals surface area contributed by atoms with Crippen LogP contribution in [-0.2, 0) is 20.7 Å². The van der Waals surface area contributed by atoms with Gasteiger partial charge >= 0.3 is 5.97 Å². The average molecular weight is 354 g/mol. The third-order valence-electron chi connectivity index (χ3n) is 3.18. The molecule has 0 bridgehead atoms. The summed E-state index contributed by atoms with van der Waals surface area (Å²) in [6, 6.07) is 9.90. The molecule has 0 fully saturated rings. The Morgan fingerprint density at radius 3 is 2.38 bits per heavy atom. The summed E-state index contributed by atoms with van der Waals surface area (Å²) >= 11 is 5.94. The van der Waals surface area contributed by atoms with Crippen molar-refractivity contribution in [3.8, 4) is 0 Å². The van der Waals surface area contributed by atoms with Crippen LogP contribution in [0.1, 0.15) is 12.5 Å². The van der Waals surface area contributed by atoms with Crippen molar-refractivity contribution in [1.29, 1.82) is 0 Å². The molecule has 0 aliphatic rings. The summed E-state index contributed by atoms with van der Waals surface area (Å²) in [5, 5.41) is 2.47. The summed E-state index contributed by atoms with van der Waals surface area (Å²) in [5.41, 5.74) is -0.0339. The molecule has 0 saturated heterocycles. The number of benzene rings is 2. The van der Waals surface area contributed by atoms with E-state index in [0.717, 1.165) is 12.1 Å². The number of para-hydroxylation sites is 1. The SMILES string of the molecule is C[C@@H](OC(=O)Cc1ccccc1Cl)C(=O)Nc1c(F)cccc1F. The third-order valence-corrected chi connectivity index (χ3v) is 3.55. The number of anilines is 1. The van der Waals surface area contributed by atoms with Gasteiger partial charge in [-0.3, -0.25) is 9.59 Å². The molecule has 1 atom stereocenters. The summed E-state index contributed by atoms with van der Waals surface area (Å²) in [5.74, 6) is -3.36. The van der Waals surface area contributed by atoms with Gasteiger partial charge in [-0.15, -0.1) is 0 Å². The fourth-order valence-corrected chi connectivity index (χ4v) is 2.13. The van der Waals surface area contributed by atoms with E-state index in [9.17, 15) is 18.4 Å². The zero-order valence-corrected chi connectivity index (χ0v) is 13.4. The first-order valence-electron chi connectivity index (χ1n) is 7.06. The van der Waals surface area contributed by atoms with Gasteiger partial charge in [-0.2, -0.15) is 0 Å². The van der Waals surface area contributed by atoms with Gasteiger partial charge in [0, 0.05) is 5.02 Å². The van der Waals surface area contributed by atoms with Gasteiger partial charge in [0.25, 0.3) is 5.91 Å². The van der Waals surface area contributed by atoms with E-state index in [1.165, 1.54) is 13.0 Å². The molecule has 0 aromatic heterocycles. The summed E-state index contributed by atoms with van der Waals surface area (Å²) in [4.78, 5) is 23.8. The first-order chi connectivity index (χ1) is 11.4. The zero-order valence-electron chi connectivity index (χ0n) is 12.7. The van der Waals surface area contributed by atoms with Crippen molar-refractivity contribution < 1.29 is 23.1 Å². The van der Waals surface area contributed by atoms with Gasteiger partial charge in [0.2, 0.25) is 0 Å². The summed E-state index contributed by atoms with van der Waals surface area (Å²) < 4.78 is 32.0. The lowest BCUT2D eigenvalue weighted by atomic mass is 10.1. The van der Waals surface area contributed by atoms with Gasteiger partial charge in [0.15, 0.2) is 6.10 Å². The molecule has 0 saturated carbocycles. The topological polar surface area (TPSA) is 55.4 Å². The van der Waals surface area contributed by atoms with Crippen LogP contribution in [0.15, 0.2) is 42.5 Å². The van der Waals surface area contributed by atoms with Crippen LogP contribution in [0.3, 0.4) is 0 Å². The molecule has 1 N–H and O–H groups in total. The Balaban J connectivity index is 1.96. The normalized spacial score (nSPS) is 11.7. The van der Waals surface area contributed by atoms with Crippen molar-refractivity contribution >= 4 is 29.2 Å². The number of esters is 1. The molecule has 1 amide bonds. The molecule has 4 nitrogen and oxygen atoms in total. The van der Waals surface area contributed by atoms with E-state index in [4.69, 9.17) is 16.3 Å². The molecule has 0 heterocycles. The quantitative estimate of drug-likeness (QED) is 0.833. The van der Waals surface area contributed by atoms with E-state index in [0.29, 0.717) is 10.6 Å². The van der Waals surface area contributed by atoms with Gasteiger partial charge in [-0.25, -0.2) is 8.78 Å². The lowest BCUT2D eigenvalue weighted by molar-refractivity contribution is -0.152. The van der Waals surface area contributed by atoms with Crippen molar-refractivity contribution in [1.82, 2.24) is 0 Å². The lowest BCUT2D eigenvalue weighted by Crippen LogP contribution is -2.31. The molecule has 2 rings (SSSR count). The van der Waals surface area contributed by atoms with Crippen LogP contribution in [0, 0.1) is 11.6 Å². The maximum Gasteiger partial charge on any atom is 0.311 e. The molecule has 24 heavy (non-hydrogen) atoms. The van der Waals surface area contributed by atoms with E-state index in [2.05, 4.69) is 5.32 Å². The van der Waals surface area contributed by atoms with E-state index in [1.807, 2.05) is 0 Å². The number of nitrogens with one attached hydrogen (secondary N) is 1. The maximum absolute atomic E-state index is 13.5. The molecule has 126 valence electrons. The number of halogens is 3. The minimum Gasteiger partial charge on any atom is -0.452 e. The van der Waals surface area contributed by atoms with Crippen molar-refractivity contribution in [2.45, 2.75) is 19.4 Å². The molecule has 7 heteroatoms. The Morgan fingerprint density at radius 2 is 1.75 bits per heavy atom. The average Bonchev–Trinajstić information content (AvgIpc) is 2.53. The van der Waals surface area contributed by atoms with Crippen LogP contribution in [0.2, 0.25) is 5.02 Å². The Morgan fingerprint density at radius 1 is 1.12 bits per heavy atom. The highest BCUT2D eigenvalue weighted by molar-refractivity contribution is 6.31.